The van der Waals surface area contributed by atoms with E-state index in [1.165, 1.54) is 0 Å². The van der Waals surface area contributed by atoms with E-state index in [0.717, 1.165) is 25.0 Å². The predicted octanol–water partition coefficient (Wildman–Crippen LogP) is 2.81. The summed E-state index contributed by atoms with van der Waals surface area (Å²) in [6, 6.07) is 5.83. The van der Waals surface area contributed by atoms with E-state index in [1.54, 1.807) is 6.20 Å². The first-order valence-electron chi connectivity index (χ1n) is 5.84. The van der Waals surface area contributed by atoms with Crippen LogP contribution in [-0.2, 0) is 6.42 Å². The molecule has 1 unspecified atom stereocenters. The van der Waals surface area contributed by atoms with Crippen molar-refractivity contribution in [3.05, 3.63) is 30.1 Å². The summed E-state index contributed by atoms with van der Waals surface area (Å²) in [5.41, 5.74) is 0.982. The van der Waals surface area contributed by atoms with E-state index in [4.69, 9.17) is 0 Å². The highest BCUT2D eigenvalue weighted by atomic mass is 16.3. The van der Waals surface area contributed by atoms with Gasteiger partial charge in [0.25, 0.3) is 0 Å². The highest BCUT2D eigenvalue weighted by molar-refractivity contribution is 5.04. The normalized spacial score (nSPS) is 13.1. The Balaban J connectivity index is 2.39. The van der Waals surface area contributed by atoms with E-state index in [1.807, 2.05) is 18.2 Å². The summed E-state index contributed by atoms with van der Waals surface area (Å²) in [7, 11) is 0. The first kappa shape index (κ1) is 12.2. The van der Waals surface area contributed by atoms with Crippen LogP contribution in [0.1, 0.15) is 38.8 Å². The number of aliphatic hydroxyl groups excluding tert-OH is 1. The van der Waals surface area contributed by atoms with Gasteiger partial charge in [0.2, 0.25) is 0 Å². The first-order valence-corrected chi connectivity index (χ1v) is 5.84. The number of aromatic nitrogens is 1. The third kappa shape index (κ3) is 4.43. The number of nitrogens with zero attached hydrogens (tertiary/aromatic N) is 1. The zero-order valence-corrected chi connectivity index (χ0v) is 9.69. The summed E-state index contributed by atoms with van der Waals surface area (Å²) in [5, 5.41) is 9.90. The highest BCUT2D eigenvalue weighted by Crippen LogP contribution is 2.16. The van der Waals surface area contributed by atoms with Gasteiger partial charge in [-0.05, 0) is 24.5 Å². The smallest absolute Gasteiger partial charge is 0.0598 e. The Hall–Kier alpha value is -0.890. The molecule has 0 amide bonds. The minimum absolute atomic E-state index is 0.246. The largest absolute Gasteiger partial charge is 0.393 e. The van der Waals surface area contributed by atoms with E-state index in [-0.39, 0.29) is 6.10 Å². The second-order valence-electron chi connectivity index (χ2n) is 4.10. The van der Waals surface area contributed by atoms with Gasteiger partial charge in [-0.3, -0.25) is 4.98 Å². The van der Waals surface area contributed by atoms with Crippen molar-refractivity contribution >= 4 is 0 Å². The molecule has 0 spiro atoms. The summed E-state index contributed by atoms with van der Waals surface area (Å²) in [5.74, 6) is 0.642. The fourth-order valence-electron chi connectivity index (χ4n) is 1.85. The van der Waals surface area contributed by atoms with Crippen LogP contribution in [0.2, 0.25) is 0 Å². The molecule has 84 valence electrons. The second kappa shape index (κ2) is 6.57. The summed E-state index contributed by atoms with van der Waals surface area (Å²) in [4.78, 5) is 4.22. The molecule has 0 aliphatic rings. The molecule has 1 aromatic heterocycles. The van der Waals surface area contributed by atoms with Crippen LogP contribution in [-0.4, -0.2) is 16.2 Å². The molecule has 1 N–H and O–H groups in total. The maximum atomic E-state index is 9.90. The molecule has 0 bridgehead atoms. The Bertz CT molecular complexity index is 256. The summed E-state index contributed by atoms with van der Waals surface area (Å²) < 4.78 is 0. The quantitative estimate of drug-likeness (QED) is 0.778. The standard InChI is InChI=1S/C13H21NO/c1-3-11(4-2)9-13(15)10-12-7-5-6-8-14-12/h5-8,11,13,15H,3-4,9-10H2,1-2H3. The maximum absolute atomic E-state index is 9.90. The van der Waals surface area contributed by atoms with E-state index < -0.39 is 0 Å². The lowest BCUT2D eigenvalue weighted by atomic mass is 9.94. The van der Waals surface area contributed by atoms with Gasteiger partial charge in [-0.2, -0.15) is 0 Å². The number of hydrogen-bond acceptors (Lipinski definition) is 2. The SMILES string of the molecule is CCC(CC)CC(O)Cc1ccccn1. The van der Waals surface area contributed by atoms with Crippen LogP contribution in [0.4, 0.5) is 0 Å². The monoisotopic (exact) mass is 207 g/mol. The Morgan fingerprint density at radius 3 is 2.53 bits per heavy atom. The molecule has 1 heterocycles. The van der Waals surface area contributed by atoms with Gasteiger partial charge in [-0.15, -0.1) is 0 Å². The average Bonchev–Trinajstić information content (AvgIpc) is 2.27. The lowest BCUT2D eigenvalue weighted by molar-refractivity contribution is 0.138. The lowest BCUT2D eigenvalue weighted by Gasteiger charge is -2.16. The Morgan fingerprint density at radius 2 is 2.00 bits per heavy atom. The van der Waals surface area contributed by atoms with Crippen molar-refractivity contribution in [3.63, 3.8) is 0 Å². The van der Waals surface area contributed by atoms with Crippen LogP contribution in [0.3, 0.4) is 0 Å². The van der Waals surface area contributed by atoms with Gasteiger partial charge in [-0.25, -0.2) is 0 Å². The fraction of sp³-hybridized carbons (Fsp3) is 0.615. The van der Waals surface area contributed by atoms with Crippen LogP contribution < -0.4 is 0 Å². The van der Waals surface area contributed by atoms with E-state index >= 15 is 0 Å². The molecule has 0 fully saturated rings. The molecule has 1 atom stereocenters. The molecule has 0 radical (unpaired) electrons. The van der Waals surface area contributed by atoms with Crippen LogP contribution in [0.25, 0.3) is 0 Å². The molecule has 1 rings (SSSR count). The number of pyridine rings is 1. The van der Waals surface area contributed by atoms with Gasteiger partial charge < -0.3 is 5.11 Å². The van der Waals surface area contributed by atoms with Crippen LogP contribution >= 0.6 is 0 Å². The molecular weight excluding hydrogens is 186 g/mol. The number of hydrogen-bond donors (Lipinski definition) is 1. The Morgan fingerprint density at radius 1 is 1.27 bits per heavy atom. The zero-order chi connectivity index (χ0) is 11.1. The van der Waals surface area contributed by atoms with Gasteiger partial charge in [0.05, 0.1) is 6.10 Å². The van der Waals surface area contributed by atoms with Gasteiger partial charge in [0.15, 0.2) is 0 Å². The van der Waals surface area contributed by atoms with Crippen molar-refractivity contribution in [1.82, 2.24) is 4.98 Å². The van der Waals surface area contributed by atoms with Crippen molar-refractivity contribution < 1.29 is 5.11 Å². The van der Waals surface area contributed by atoms with Gasteiger partial charge in [-0.1, -0.05) is 32.8 Å². The highest BCUT2D eigenvalue weighted by Gasteiger charge is 2.12. The Labute approximate surface area is 92.4 Å². The minimum atomic E-state index is -0.246. The molecule has 0 saturated heterocycles. The van der Waals surface area contributed by atoms with Crippen molar-refractivity contribution in [2.24, 2.45) is 5.92 Å². The summed E-state index contributed by atoms with van der Waals surface area (Å²) in [6.45, 7) is 4.36. The van der Waals surface area contributed by atoms with E-state index in [9.17, 15) is 5.11 Å². The third-order valence-corrected chi connectivity index (χ3v) is 2.93. The van der Waals surface area contributed by atoms with Gasteiger partial charge in [0.1, 0.15) is 0 Å². The van der Waals surface area contributed by atoms with Gasteiger partial charge in [0, 0.05) is 18.3 Å². The van der Waals surface area contributed by atoms with E-state index in [2.05, 4.69) is 18.8 Å². The third-order valence-electron chi connectivity index (χ3n) is 2.93. The van der Waals surface area contributed by atoms with Crippen LogP contribution in [0.5, 0.6) is 0 Å². The molecule has 0 aliphatic heterocycles. The number of rotatable bonds is 6. The van der Waals surface area contributed by atoms with Crippen molar-refractivity contribution in [2.75, 3.05) is 0 Å². The molecule has 2 heteroatoms. The number of aliphatic hydroxyl groups is 1. The maximum Gasteiger partial charge on any atom is 0.0598 e. The molecule has 15 heavy (non-hydrogen) atoms. The second-order valence-corrected chi connectivity index (χ2v) is 4.10. The first-order chi connectivity index (χ1) is 7.26. The van der Waals surface area contributed by atoms with Gasteiger partial charge >= 0.3 is 0 Å². The van der Waals surface area contributed by atoms with Crippen LogP contribution in [0, 0.1) is 5.92 Å². The Kier molecular flexibility index (Phi) is 5.33. The molecule has 0 aromatic carbocycles. The predicted molar refractivity (Wildman–Crippen MR) is 62.6 cm³/mol. The summed E-state index contributed by atoms with van der Waals surface area (Å²) >= 11 is 0. The topological polar surface area (TPSA) is 33.1 Å². The van der Waals surface area contributed by atoms with Crippen molar-refractivity contribution in [1.29, 1.82) is 0 Å². The van der Waals surface area contributed by atoms with Crippen molar-refractivity contribution in [3.8, 4) is 0 Å². The molecule has 0 saturated carbocycles. The zero-order valence-electron chi connectivity index (χ0n) is 9.69. The average molecular weight is 207 g/mol. The lowest BCUT2D eigenvalue weighted by Crippen LogP contribution is -2.16. The summed E-state index contributed by atoms with van der Waals surface area (Å²) in [6.07, 6.45) is 5.40. The fourth-order valence-corrected chi connectivity index (χ4v) is 1.85. The molecule has 1 aromatic rings. The van der Waals surface area contributed by atoms with Crippen LogP contribution in [0.15, 0.2) is 24.4 Å². The minimum Gasteiger partial charge on any atom is -0.393 e. The molecule has 0 aliphatic carbocycles. The molecular formula is C13H21NO. The van der Waals surface area contributed by atoms with E-state index in [0.29, 0.717) is 12.3 Å². The molecule has 2 nitrogen and oxygen atoms in total. The van der Waals surface area contributed by atoms with Crippen molar-refractivity contribution in [2.45, 2.75) is 45.6 Å².